The van der Waals surface area contributed by atoms with Gasteiger partial charge in [0.05, 0.1) is 11.5 Å². The van der Waals surface area contributed by atoms with Gasteiger partial charge >= 0.3 is 0 Å². The van der Waals surface area contributed by atoms with E-state index < -0.39 is 0 Å². The van der Waals surface area contributed by atoms with Gasteiger partial charge in [-0.3, -0.25) is 4.79 Å². The minimum Gasteiger partial charge on any atom is -0.389 e. The molecule has 1 spiro atoms. The average molecular weight is 271 g/mol. The van der Waals surface area contributed by atoms with Crippen LogP contribution in [-0.4, -0.2) is 35.1 Å². The number of aliphatic hydroxyl groups is 1. The molecule has 3 fully saturated rings. The fourth-order valence-electron chi connectivity index (χ4n) is 4.57. The monoisotopic (exact) mass is 271 g/mol. The second-order valence-corrected chi connectivity index (χ2v) is 6.80. The lowest BCUT2D eigenvalue weighted by Crippen LogP contribution is -2.57. The van der Waals surface area contributed by atoms with Gasteiger partial charge in [0.25, 0.3) is 0 Å². The minimum atomic E-state index is -0.315. The maximum atomic E-state index is 13.0. The van der Waals surface area contributed by atoms with Gasteiger partial charge in [-0.05, 0) is 30.2 Å². The van der Waals surface area contributed by atoms with E-state index in [0.29, 0.717) is 13.1 Å². The molecule has 106 valence electrons. The SMILES string of the molecule is O=C(N1CC(O)C1)[C@@]1(c2ccccc2)CC12CCCC2. The van der Waals surface area contributed by atoms with Crippen molar-refractivity contribution in [3.8, 4) is 0 Å². The molecule has 3 nitrogen and oxygen atoms in total. The van der Waals surface area contributed by atoms with Crippen LogP contribution in [0.2, 0.25) is 0 Å². The second-order valence-electron chi connectivity index (χ2n) is 6.80. The van der Waals surface area contributed by atoms with Gasteiger partial charge in [0.1, 0.15) is 0 Å². The molecule has 2 saturated carbocycles. The second kappa shape index (κ2) is 4.08. The Balaban J connectivity index is 1.70. The average Bonchev–Trinajstić information content (AvgIpc) is 2.84. The van der Waals surface area contributed by atoms with Crippen molar-refractivity contribution in [3.05, 3.63) is 35.9 Å². The predicted molar refractivity (Wildman–Crippen MR) is 76.2 cm³/mol. The van der Waals surface area contributed by atoms with Crippen LogP contribution < -0.4 is 0 Å². The summed E-state index contributed by atoms with van der Waals surface area (Å²) in [6.07, 6.45) is 5.57. The van der Waals surface area contributed by atoms with E-state index >= 15 is 0 Å². The van der Waals surface area contributed by atoms with Gasteiger partial charge in [-0.15, -0.1) is 0 Å². The Labute approximate surface area is 119 Å². The number of hydrogen-bond acceptors (Lipinski definition) is 2. The zero-order chi connectivity index (χ0) is 13.8. The summed E-state index contributed by atoms with van der Waals surface area (Å²) < 4.78 is 0. The van der Waals surface area contributed by atoms with Gasteiger partial charge in [-0.2, -0.15) is 0 Å². The first-order valence-corrected chi connectivity index (χ1v) is 7.71. The largest absolute Gasteiger partial charge is 0.389 e. The number of carbonyl (C=O) groups is 1. The van der Waals surface area contributed by atoms with E-state index in [1.807, 2.05) is 23.1 Å². The van der Waals surface area contributed by atoms with E-state index in [2.05, 4.69) is 12.1 Å². The third kappa shape index (κ3) is 1.47. The minimum absolute atomic E-state index is 0.214. The summed E-state index contributed by atoms with van der Waals surface area (Å²) in [7, 11) is 0. The molecule has 0 unspecified atom stereocenters. The summed E-state index contributed by atoms with van der Waals surface area (Å²) in [5.41, 5.74) is 1.12. The number of nitrogens with zero attached hydrogens (tertiary/aromatic N) is 1. The Hall–Kier alpha value is -1.35. The zero-order valence-corrected chi connectivity index (χ0v) is 11.7. The highest BCUT2D eigenvalue weighted by Gasteiger charge is 2.73. The van der Waals surface area contributed by atoms with E-state index in [0.717, 1.165) is 6.42 Å². The van der Waals surface area contributed by atoms with Crippen LogP contribution in [0.4, 0.5) is 0 Å². The summed E-state index contributed by atoms with van der Waals surface area (Å²) in [5, 5.41) is 9.49. The van der Waals surface area contributed by atoms with Gasteiger partial charge in [-0.1, -0.05) is 43.2 Å². The maximum Gasteiger partial charge on any atom is 0.233 e. The lowest BCUT2D eigenvalue weighted by molar-refractivity contribution is -0.145. The number of amides is 1. The van der Waals surface area contributed by atoms with Crippen LogP contribution in [0.5, 0.6) is 0 Å². The first-order valence-electron chi connectivity index (χ1n) is 7.71. The molecule has 1 aromatic carbocycles. The Morgan fingerprint density at radius 1 is 1.15 bits per heavy atom. The summed E-state index contributed by atoms with van der Waals surface area (Å²) in [6.45, 7) is 1.03. The Bertz CT molecular complexity index is 529. The van der Waals surface area contributed by atoms with E-state index in [1.54, 1.807) is 0 Å². The van der Waals surface area contributed by atoms with E-state index in [1.165, 1.54) is 31.2 Å². The maximum absolute atomic E-state index is 13.0. The highest BCUT2D eigenvalue weighted by Crippen LogP contribution is 2.72. The number of aliphatic hydroxyl groups excluding tert-OH is 1. The van der Waals surface area contributed by atoms with Crippen LogP contribution in [0.15, 0.2) is 30.3 Å². The van der Waals surface area contributed by atoms with Crippen LogP contribution in [-0.2, 0) is 10.2 Å². The molecule has 1 saturated heterocycles. The third-order valence-corrected chi connectivity index (χ3v) is 5.73. The quantitative estimate of drug-likeness (QED) is 0.895. The zero-order valence-electron chi connectivity index (χ0n) is 11.7. The Morgan fingerprint density at radius 3 is 2.40 bits per heavy atom. The molecule has 1 amide bonds. The summed E-state index contributed by atoms with van der Waals surface area (Å²) >= 11 is 0. The molecule has 1 aromatic rings. The topological polar surface area (TPSA) is 40.5 Å². The van der Waals surface area contributed by atoms with Crippen molar-refractivity contribution in [2.24, 2.45) is 5.41 Å². The van der Waals surface area contributed by atoms with Gasteiger partial charge in [-0.25, -0.2) is 0 Å². The number of hydrogen-bond donors (Lipinski definition) is 1. The number of benzene rings is 1. The molecule has 1 atom stereocenters. The normalized spacial score (nSPS) is 31.4. The molecule has 1 aliphatic heterocycles. The fourth-order valence-corrected chi connectivity index (χ4v) is 4.57. The van der Waals surface area contributed by atoms with Crippen LogP contribution in [0, 0.1) is 5.41 Å². The fraction of sp³-hybridized carbons (Fsp3) is 0.588. The van der Waals surface area contributed by atoms with Crippen molar-refractivity contribution in [3.63, 3.8) is 0 Å². The smallest absolute Gasteiger partial charge is 0.233 e. The predicted octanol–water partition coefficient (Wildman–Crippen LogP) is 2.09. The van der Waals surface area contributed by atoms with Crippen molar-refractivity contribution < 1.29 is 9.90 Å². The number of rotatable bonds is 2. The number of carbonyl (C=O) groups excluding carboxylic acids is 1. The summed E-state index contributed by atoms with van der Waals surface area (Å²) in [6, 6.07) is 10.3. The lowest BCUT2D eigenvalue weighted by Gasteiger charge is -2.39. The van der Waals surface area contributed by atoms with Crippen molar-refractivity contribution in [1.82, 2.24) is 4.90 Å². The molecular formula is C17H21NO2. The third-order valence-electron chi connectivity index (χ3n) is 5.73. The molecule has 1 heterocycles. The van der Waals surface area contributed by atoms with Gasteiger partial charge in [0, 0.05) is 13.1 Å². The summed E-state index contributed by atoms with van der Waals surface area (Å²) in [4.78, 5) is 14.9. The first-order chi connectivity index (χ1) is 9.68. The molecule has 3 heteroatoms. The van der Waals surface area contributed by atoms with Crippen LogP contribution in [0.3, 0.4) is 0 Å². The van der Waals surface area contributed by atoms with Crippen molar-refractivity contribution >= 4 is 5.91 Å². The van der Waals surface area contributed by atoms with Crippen LogP contribution in [0.1, 0.15) is 37.7 Å². The highest BCUT2D eigenvalue weighted by molar-refractivity contribution is 5.94. The molecule has 2 aliphatic carbocycles. The van der Waals surface area contributed by atoms with Gasteiger partial charge < -0.3 is 10.0 Å². The number of likely N-dealkylation sites (tertiary alicyclic amines) is 1. The molecule has 0 aromatic heterocycles. The molecule has 3 aliphatic rings. The molecule has 20 heavy (non-hydrogen) atoms. The standard InChI is InChI=1S/C17H21NO2/c19-14-10-18(11-14)15(20)17(13-6-2-1-3-7-13)12-16(17)8-4-5-9-16/h1-3,6-7,14,19H,4-5,8-12H2/t17-/m0/s1. The van der Waals surface area contributed by atoms with E-state index in [-0.39, 0.29) is 22.8 Å². The van der Waals surface area contributed by atoms with Crippen molar-refractivity contribution in [1.29, 1.82) is 0 Å². The lowest BCUT2D eigenvalue weighted by atomic mass is 9.83. The van der Waals surface area contributed by atoms with Gasteiger partial charge in [0.2, 0.25) is 5.91 Å². The highest BCUT2D eigenvalue weighted by atomic mass is 16.3. The number of β-amino-alcohol motifs (C(OH)–C–C–N with tert-alkyl or cyclic N) is 1. The van der Waals surface area contributed by atoms with Crippen molar-refractivity contribution in [2.45, 2.75) is 43.6 Å². The molecule has 0 bridgehead atoms. The Morgan fingerprint density at radius 2 is 1.80 bits per heavy atom. The molecule has 4 rings (SSSR count). The van der Waals surface area contributed by atoms with Crippen LogP contribution in [0.25, 0.3) is 0 Å². The molecular weight excluding hydrogens is 250 g/mol. The van der Waals surface area contributed by atoms with E-state index in [9.17, 15) is 9.90 Å². The van der Waals surface area contributed by atoms with Crippen molar-refractivity contribution in [2.75, 3.05) is 13.1 Å². The summed E-state index contributed by atoms with van der Waals surface area (Å²) in [5.74, 6) is 0.260. The first kappa shape index (κ1) is 12.4. The van der Waals surface area contributed by atoms with Crippen LogP contribution >= 0.6 is 0 Å². The molecule has 1 N–H and O–H groups in total. The Kier molecular flexibility index (Phi) is 2.53. The van der Waals surface area contributed by atoms with Gasteiger partial charge in [0.15, 0.2) is 0 Å². The molecule has 0 radical (unpaired) electrons. The van der Waals surface area contributed by atoms with E-state index in [4.69, 9.17) is 0 Å².